The van der Waals surface area contributed by atoms with Crippen LogP contribution in [0.25, 0.3) is 0 Å². The summed E-state index contributed by atoms with van der Waals surface area (Å²) in [6.45, 7) is 4.76. The van der Waals surface area contributed by atoms with Crippen molar-refractivity contribution >= 4 is 21.6 Å². The van der Waals surface area contributed by atoms with Crippen LogP contribution in [0.4, 0.5) is 5.69 Å². The summed E-state index contributed by atoms with van der Waals surface area (Å²) in [5.74, 6) is -0.315. The number of benzene rings is 3. The first-order valence-corrected chi connectivity index (χ1v) is 11.9. The van der Waals surface area contributed by atoms with Gasteiger partial charge in [0.15, 0.2) is 0 Å². The van der Waals surface area contributed by atoms with Crippen molar-refractivity contribution < 1.29 is 13.2 Å². The molecule has 0 atom stereocenters. The average Bonchev–Trinajstić information content (AvgIpc) is 2.80. The molecule has 0 radical (unpaired) electrons. The summed E-state index contributed by atoms with van der Waals surface area (Å²) in [4.78, 5) is 13.1. The fraction of sp³-hybridized carbons (Fsp3) is 0.240. The molecule has 0 saturated heterocycles. The fourth-order valence-corrected chi connectivity index (χ4v) is 5.47. The highest BCUT2D eigenvalue weighted by Gasteiger charge is 2.28. The molecule has 160 valence electrons. The molecule has 1 aliphatic rings. The molecule has 0 spiro atoms. The molecule has 4 rings (SSSR count). The highest BCUT2D eigenvalue weighted by molar-refractivity contribution is 7.89. The van der Waals surface area contributed by atoms with E-state index in [2.05, 4.69) is 5.32 Å². The van der Waals surface area contributed by atoms with E-state index in [1.54, 1.807) is 18.2 Å². The molecule has 0 bridgehead atoms. The van der Waals surface area contributed by atoms with Gasteiger partial charge in [-0.3, -0.25) is 4.79 Å². The Morgan fingerprint density at radius 1 is 1.00 bits per heavy atom. The lowest BCUT2D eigenvalue weighted by atomic mass is 10.0. The Bertz CT molecular complexity index is 1240. The second-order valence-corrected chi connectivity index (χ2v) is 9.74. The van der Waals surface area contributed by atoms with Crippen molar-refractivity contribution in [1.82, 2.24) is 4.31 Å². The van der Waals surface area contributed by atoms with Gasteiger partial charge in [-0.05, 0) is 60.2 Å². The predicted molar refractivity (Wildman–Crippen MR) is 123 cm³/mol. The van der Waals surface area contributed by atoms with E-state index in [-0.39, 0.29) is 10.8 Å². The van der Waals surface area contributed by atoms with E-state index in [4.69, 9.17) is 0 Å². The number of para-hydroxylation sites is 1. The number of rotatable bonds is 5. The smallest absolute Gasteiger partial charge is 0.255 e. The number of anilines is 1. The van der Waals surface area contributed by atoms with Crippen LogP contribution in [0.2, 0.25) is 0 Å². The number of fused-ring (bicyclic) bond motifs is 1. The van der Waals surface area contributed by atoms with Crippen molar-refractivity contribution in [1.29, 1.82) is 0 Å². The first-order valence-electron chi connectivity index (χ1n) is 10.5. The van der Waals surface area contributed by atoms with Gasteiger partial charge < -0.3 is 5.32 Å². The van der Waals surface area contributed by atoms with Gasteiger partial charge in [-0.2, -0.15) is 4.31 Å². The number of aryl methyl sites for hydroxylation is 2. The second kappa shape index (κ2) is 8.65. The van der Waals surface area contributed by atoms with Gasteiger partial charge in [-0.25, -0.2) is 8.42 Å². The number of sulfonamides is 1. The van der Waals surface area contributed by atoms with Gasteiger partial charge in [0.2, 0.25) is 10.0 Å². The molecule has 1 heterocycles. The molecule has 6 heteroatoms. The quantitative estimate of drug-likeness (QED) is 0.640. The van der Waals surface area contributed by atoms with Crippen LogP contribution in [0.5, 0.6) is 0 Å². The van der Waals surface area contributed by atoms with E-state index in [1.165, 1.54) is 15.9 Å². The molecule has 0 aliphatic carbocycles. The Kier molecular flexibility index (Phi) is 5.94. The molecular formula is C25H26N2O3S. The fourth-order valence-electron chi connectivity index (χ4n) is 4.01. The summed E-state index contributed by atoms with van der Waals surface area (Å²) in [7, 11) is -3.70. The highest BCUT2D eigenvalue weighted by atomic mass is 32.2. The van der Waals surface area contributed by atoms with E-state index in [0.717, 1.165) is 28.8 Å². The summed E-state index contributed by atoms with van der Waals surface area (Å²) in [6, 6.07) is 20.1. The molecular weight excluding hydrogens is 408 g/mol. The molecule has 5 nitrogen and oxygen atoms in total. The minimum atomic E-state index is -3.70. The van der Waals surface area contributed by atoms with Crippen molar-refractivity contribution in [3.63, 3.8) is 0 Å². The molecule has 1 N–H and O–H groups in total. The van der Waals surface area contributed by atoms with Gasteiger partial charge in [0, 0.05) is 24.3 Å². The summed E-state index contributed by atoms with van der Waals surface area (Å²) >= 11 is 0. The highest BCUT2D eigenvalue weighted by Crippen LogP contribution is 2.26. The SMILES string of the molecule is CCc1cccc(C)c1NC(=O)c1cccc(S(=O)(=O)N2CCc3ccccc3C2)c1. The van der Waals surface area contributed by atoms with Crippen molar-refractivity contribution in [2.75, 3.05) is 11.9 Å². The van der Waals surface area contributed by atoms with Gasteiger partial charge in [-0.15, -0.1) is 0 Å². The zero-order valence-electron chi connectivity index (χ0n) is 17.8. The maximum atomic E-state index is 13.3. The van der Waals surface area contributed by atoms with Gasteiger partial charge in [0.1, 0.15) is 0 Å². The predicted octanol–water partition coefficient (Wildman–Crippen LogP) is 4.56. The normalized spacial score (nSPS) is 14.1. The number of nitrogens with one attached hydrogen (secondary N) is 1. The zero-order valence-corrected chi connectivity index (χ0v) is 18.6. The van der Waals surface area contributed by atoms with Gasteiger partial charge in [-0.1, -0.05) is 55.5 Å². The van der Waals surface area contributed by atoms with Crippen molar-refractivity contribution in [3.8, 4) is 0 Å². The summed E-state index contributed by atoms with van der Waals surface area (Å²) in [5.41, 5.74) is 5.34. The van der Waals surface area contributed by atoms with E-state index < -0.39 is 10.0 Å². The van der Waals surface area contributed by atoms with E-state index in [0.29, 0.717) is 25.1 Å². The van der Waals surface area contributed by atoms with Gasteiger partial charge in [0.05, 0.1) is 4.90 Å². The minimum absolute atomic E-state index is 0.139. The number of nitrogens with zero attached hydrogens (tertiary/aromatic N) is 1. The van der Waals surface area contributed by atoms with Crippen LogP contribution in [-0.2, 0) is 29.4 Å². The lowest BCUT2D eigenvalue weighted by Gasteiger charge is -2.28. The number of amides is 1. The maximum absolute atomic E-state index is 13.3. The third kappa shape index (κ3) is 4.27. The first kappa shape index (κ1) is 21.3. The Hall–Kier alpha value is -2.96. The molecule has 1 aliphatic heterocycles. The Morgan fingerprint density at radius 3 is 2.52 bits per heavy atom. The van der Waals surface area contributed by atoms with E-state index in [1.807, 2.05) is 56.3 Å². The van der Waals surface area contributed by atoms with Crippen LogP contribution < -0.4 is 5.32 Å². The summed E-state index contributed by atoms with van der Waals surface area (Å²) in [6.07, 6.45) is 1.48. The van der Waals surface area contributed by atoms with Crippen molar-refractivity contribution in [2.45, 2.75) is 38.1 Å². The maximum Gasteiger partial charge on any atom is 0.255 e. The largest absolute Gasteiger partial charge is 0.321 e. The Labute approximate surface area is 183 Å². The molecule has 0 saturated carbocycles. The average molecular weight is 435 g/mol. The van der Waals surface area contributed by atoms with E-state index in [9.17, 15) is 13.2 Å². The Balaban J connectivity index is 1.59. The van der Waals surface area contributed by atoms with Gasteiger partial charge in [0.25, 0.3) is 5.91 Å². The number of carbonyl (C=O) groups excluding carboxylic acids is 1. The summed E-state index contributed by atoms with van der Waals surface area (Å²) in [5, 5.41) is 2.97. The minimum Gasteiger partial charge on any atom is -0.321 e. The molecule has 1 amide bonds. The van der Waals surface area contributed by atoms with Crippen LogP contribution in [0.15, 0.2) is 71.6 Å². The van der Waals surface area contributed by atoms with Crippen LogP contribution >= 0.6 is 0 Å². The van der Waals surface area contributed by atoms with Crippen LogP contribution in [0.1, 0.15) is 39.5 Å². The molecule has 3 aromatic rings. The molecule has 0 fully saturated rings. The van der Waals surface area contributed by atoms with Crippen molar-refractivity contribution in [2.24, 2.45) is 0 Å². The molecule has 31 heavy (non-hydrogen) atoms. The van der Waals surface area contributed by atoms with Crippen LogP contribution in [0.3, 0.4) is 0 Å². The number of carbonyl (C=O) groups is 1. The molecule has 0 aromatic heterocycles. The third-order valence-electron chi connectivity index (χ3n) is 5.81. The zero-order chi connectivity index (χ0) is 22.0. The monoisotopic (exact) mass is 434 g/mol. The lowest BCUT2D eigenvalue weighted by Crippen LogP contribution is -2.36. The first-order chi connectivity index (χ1) is 14.9. The van der Waals surface area contributed by atoms with Gasteiger partial charge >= 0.3 is 0 Å². The van der Waals surface area contributed by atoms with E-state index >= 15 is 0 Å². The number of hydrogen-bond acceptors (Lipinski definition) is 3. The lowest BCUT2D eigenvalue weighted by molar-refractivity contribution is 0.102. The molecule has 3 aromatic carbocycles. The van der Waals surface area contributed by atoms with Crippen LogP contribution in [-0.4, -0.2) is 25.2 Å². The van der Waals surface area contributed by atoms with Crippen LogP contribution in [0, 0.1) is 6.92 Å². The number of hydrogen-bond donors (Lipinski definition) is 1. The standard InChI is InChI=1S/C25H26N2O3S/c1-3-19-11-6-8-18(2)24(19)26-25(28)21-12-7-13-23(16-21)31(29,30)27-15-14-20-9-4-5-10-22(20)17-27/h4-13,16H,3,14-15,17H2,1-2H3,(H,26,28). The Morgan fingerprint density at radius 2 is 1.74 bits per heavy atom. The molecule has 0 unspecified atom stereocenters. The second-order valence-electron chi connectivity index (χ2n) is 7.80. The summed E-state index contributed by atoms with van der Waals surface area (Å²) < 4.78 is 28.0. The third-order valence-corrected chi connectivity index (χ3v) is 7.65. The topological polar surface area (TPSA) is 66.5 Å². The van der Waals surface area contributed by atoms with Crippen molar-refractivity contribution in [3.05, 3.63) is 94.5 Å².